The fraction of sp³-hybridized carbons (Fsp3) is 0.933. The second-order valence-electron chi connectivity index (χ2n) is 6.59. The van der Waals surface area contributed by atoms with Gasteiger partial charge in [-0.15, -0.1) is 0 Å². The highest BCUT2D eigenvalue weighted by atomic mass is 16.5. The number of guanidine groups is 1. The molecule has 5 heteroatoms. The minimum Gasteiger partial charge on any atom is -0.374 e. The predicted molar refractivity (Wildman–Crippen MR) is 80.8 cm³/mol. The zero-order chi connectivity index (χ0) is 13.9. The van der Waals surface area contributed by atoms with E-state index in [1.165, 1.54) is 25.7 Å². The Morgan fingerprint density at radius 3 is 2.65 bits per heavy atom. The van der Waals surface area contributed by atoms with Crippen molar-refractivity contribution in [3.8, 4) is 0 Å². The fourth-order valence-electron chi connectivity index (χ4n) is 3.16. The van der Waals surface area contributed by atoms with Gasteiger partial charge in [-0.05, 0) is 31.6 Å². The SMILES string of the molecule is CC1CCN(C(N)=NCC2CN(C3CC3)CCO2)CC1. The van der Waals surface area contributed by atoms with Crippen LogP contribution < -0.4 is 5.73 Å². The van der Waals surface area contributed by atoms with Crippen molar-refractivity contribution >= 4 is 5.96 Å². The summed E-state index contributed by atoms with van der Waals surface area (Å²) in [6.07, 6.45) is 5.41. The largest absolute Gasteiger partial charge is 0.374 e. The number of nitrogens with zero attached hydrogens (tertiary/aromatic N) is 3. The summed E-state index contributed by atoms with van der Waals surface area (Å²) in [6, 6.07) is 0.825. The Morgan fingerprint density at radius 1 is 1.20 bits per heavy atom. The van der Waals surface area contributed by atoms with Gasteiger partial charge in [0.2, 0.25) is 0 Å². The highest BCUT2D eigenvalue weighted by Crippen LogP contribution is 2.28. The van der Waals surface area contributed by atoms with Gasteiger partial charge in [0.05, 0.1) is 19.3 Å². The van der Waals surface area contributed by atoms with Crippen LogP contribution in [0.5, 0.6) is 0 Å². The highest BCUT2D eigenvalue weighted by molar-refractivity contribution is 5.78. The highest BCUT2D eigenvalue weighted by Gasteiger charge is 2.32. The Bertz CT molecular complexity index is 348. The lowest BCUT2D eigenvalue weighted by molar-refractivity contribution is -0.0260. The number of rotatable bonds is 3. The van der Waals surface area contributed by atoms with Gasteiger partial charge >= 0.3 is 0 Å². The average Bonchev–Trinajstić information content (AvgIpc) is 3.30. The van der Waals surface area contributed by atoms with Gasteiger partial charge in [-0.2, -0.15) is 0 Å². The molecule has 0 aromatic heterocycles. The van der Waals surface area contributed by atoms with Crippen LogP contribution in [0, 0.1) is 5.92 Å². The van der Waals surface area contributed by atoms with Crippen LogP contribution in [0.2, 0.25) is 0 Å². The van der Waals surface area contributed by atoms with Crippen molar-refractivity contribution in [1.82, 2.24) is 9.80 Å². The number of hydrogen-bond donors (Lipinski definition) is 1. The molecule has 3 fully saturated rings. The zero-order valence-electron chi connectivity index (χ0n) is 12.6. The van der Waals surface area contributed by atoms with Crippen molar-refractivity contribution in [2.75, 3.05) is 39.3 Å². The number of piperidine rings is 1. The molecule has 1 unspecified atom stereocenters. The number of likely N-dealkylation sites (tertiary alicyclic amines) is 1. The van der Waals surface area contributed by atoms with Gasteiger partial charge in [-0.3, -0.25) is 9.89 Å². The van der Waals surface area contributed by atoms with Gasteiger partial charge in [0.25, 0.3) is 0 Å². The summed E-state index contributed by atoms with van der Waals surface area (Å²) in [6.45, 7) is 8.08. The standard InChI is InChI=1S/C15H28N4O/c1-12-4-6-18(7-5-12)15(16)17-10-14-11-19(8-9-20-14)13-2-3-13/h12-14H,2-11H2,1H3,(H2,16,17). The number of aliphatic imine (C=N–C) groups is 1. The molecule has 0 spiro atoms. The third kappa shape index (κ3) is 3.64. The van der Waals surface area contributed by atoms with Crippen molar-refractivity contribution in [1.29, 1.82) is 0 Å². The van der Waals surface area contributed by atoms with Crippen LogP contribution in [-0.2, 0) is 4.74 Å². The molecule has 0 aromatic rings. The Hall–Kier alpha value is -0.810. The Morgan fingerprint density at radius 2 is 1.95 bits per heavy atom. The van der Waals surface area contributed by atoms with Crippen LogP contribution in [0.4, 0.5) is 0 Å². The first-order valence-electron chi connectivity index (χ1n) is 8.13. The molecule has 1 saturated carbocycles. The lowest BCUT2D eigenvalue weighted by Crippen LogP contribution is -2.46. The van der Waals surface area contributed by atoms with E-state index in [-0.39, 0.29) is 6.10 Å². The molecule has 0 radical (unpaired) electrons. The summed E-state index contributed by atoms with van der Waals surface area (Å²) in [5.74, 6) is 1.54. The van der Waals surface area contributed by atoms with E-state index >= 15 is 0 Å². The van der Waals surface area contributed by atoms with E-state index in [9.17, 15) is 0 Å². The Labute approximate surface area is 122 Å². The monoisotopic (exact) mass is 280 g/mol. The maximum Gasteiger partial charge on any atom is 0.191 e. The van der Waals surface area contributed by atoms with Crippen molar-refractivity contribution in [3.63, 3.8) is 0 Å². The first-order chi connectivity index (χ1) is 9.72. The van der Waals surface area contributed by atoms with Crippen LogP contribution in [0.3, 0.4) is 0 Å². The van der Waals surface area contributed by atoms with Crippen LogP contribution in [-0.4, -0.2) is 67.2 Å². The molecule has 2 aliphatic heterocycles. The summed E-state index contributed by atoms with van der Waals surface area (Å²) < 4.78 is 5.82. The van der Waals surface area contributed by atoms with Gasteiger partial charge in [0.15, 0.2) is 5.96 Å². The first-order valence-corrected chi connectivity index (χ1v) is 8.13. The third-order valence-electron chi connectivity index (χ3n) is 4.80. The Balaban J connectivity index is 1.46. The van der Waals surface area contributed by atoms with Crippen LogP contribution in [0.1, 0.15) is 32.6 Å². The number of morpholine rings is 1. The molecule has 3 aliphatic rings. The molecule has 2 saturated heterocycles. The number of ether oxygens (including phenoxy) is 1. The molecule has 0 aromatic carbocycles. The molecule has 20 heavy (non-hydrogen) atoms. The molecule has 1 aliphatic carbocycles. The molecule has 2 N–H and O–H groups in total. The van der Waals surface area contributed by atoms with Crippen molar-refractivity contribution in [3.05, 3.63) is 0 Å². The van der Waals surface area contributed by atoms with Crippen LogP contribution in [0.25, 0.3) is 0 Å². The third-order valence-corrected chi connectivity index (χ3v) is 4.80. The van der Waals surface area contributed by atoms with E-state index < -0.39 is 0 Å². The molecule has 3 rings (SSSR count). The van der Waals surface area contributed by atoms with Crippen LogP contribution in [0.15, 0.2) is 4.99 Å². The molecule has 2 heterocycles. The number of nitrogens with two attached hydrogens (primary N) is 1. The lowest BCUT2D eigenvalue weighted by Gasteiger charge is -2.33. The van der Waals surface area contributed by atoms with Gasteiger partial charge in [0.1, 0.15) is 0 Å². The molecular formula is C15H28N4O. The second kappa shape index (κ2) is 6.31. The maximum atomic E-state index is 6.12. The summed E-state index contributed by atoms with van der Waals surface area (Å²) in [5, 5.41) is 0. The van der Waals surface area contributed by atoms with Gasteiger partial charge < -0.3 is 15.4 Å². The van der Waals surface area contributed by atoms with Crippen LogP contribution >= 0.6 is 0 Å². The first kappa shape index (κ1) is 14.1. The van der Waals surface area contributed by atoms with E-state index in [0.29, 0.717) is 12.5 Å². The van der Waals surface area contributed by atoms with E-state index in [2.05, 4.69) is 21.7 Å². The van der Waals surface area contributed by atoms with Gasteiger partial charge in [-0.25, -0.2) is 0 Å². The topological polar surface area (TPSA) is 54.1 Å². The summed E-state index contributed by atoms with van der Waals surface area (Å²) in [7, 11) is 0. The van der Waals surface area contributed by atoms with Crippen molar-refractivity contribution in [2.24, 2.45) is 16.6 Å². The van der Waals surface area contributed by atoms with E-state index in [4.69, 9.17) is 10.5 Å². The summed E-state index contributed by atoms with van der Waals surface area (Å²) in [5.41, 5.74) is 6.12. The normalized spacial score (nSPS) is 30.8. The van der Waals surface area contributed by atoms with E-state index in [1.54, 1.807) is 0 Å². The molecule has 114 valence electrons. The van der Waals surface area contributed by atoms with E-state index in [0.717, 1.165) is 44.7 Å². The minimum absolute atomic E-state index is 0.228. The molecule has 1 atom stereocenters. The Kier molecular flexibility index (Phi) is 4.46. The van der Waals surface area contributed by atoms with Crippen molar-refractivity contribution in [2.45, 2.75) is 44.8 Å². The summed E-state index contributed by atoms with van der Waals surface area (Å²) in [4.78, 5) is 9.36. The van der Waals surface area contributed by atoms with Gasteiger partial charge in [-0.1, -0.05) is 6.92 Å². The zero-order valence-corrected chi connectivity index (χ0v) is 12.6. The average molecular weight is 280 g/mol. The fourth-order valence-corrected chi connectivity index (χ4v) is 3.16. The quantitative estimate of drug-likeness (QED) is 0.616. The van der Waals surface area contributed by atoms with Gasteiger partial charge in [0, 0.05) is 32.2 Å². The van der Waals surface area contributed by atoms with E-state index in [1.807, 2.05) is 0 Å². The molecule has 0 bridgehead atoms. The second-order valence-corrected chi connectivity index (χ2v) is 6.59. The predicted octanol–water partition coefficient (Wildman–Crippen LogP) is 0.896. The van der Waals surface area contributed by atoms with Crippen molar-refractivity contribution < 1.29 is 4.74 Å². The molecular weight excluding hydrogens is 252 g/mol. The minimum atomic E-state index is 0.228. The number of hydrogen-bond acceptors (Lipinski definition) is 3. The molecule has 0 amide bonds. The summed E-state index contributed by atoms with van der Waals surface area (Å²) >= 11 is 0. The lowest BCUT2D eigenvalue weighted by atomic mass is 10.00. The maximum absolute atomic E-state index is 6.12. The smallest absolute Gasteiger partial charge is 0.191 e. The molecule has 5 nitrogen and oxygen atoms in total.